The summed E-state index contributed by atoms with van der Waals surface area (Å²) in [5.74, 6) is -0.568. The van der Waals surface area contributed by atoms with Gasteiger partial charge in [-0.25, -0.2) is 4.79 Å². The predicted octanol–water partition coefficient (Wildman–Crippen LogP) is 2.83. The van der Waals surface area contributed by atoms with Gasteiger partial charge < -0.3 is 4.74 Å². The van der Waals surface area contributed by atoms with E-state index in [1.54, 1.807) is 24.3 Å². The van der Waals surface area contributed by atoms with E-state index in [1.165, 1.54) is 0 Å². The van der Waals surface area contributed by atoms with Crippen LogP contribution in [-0.2, 0) is 9.53 Å². The third kappa shape index (κ3) is 2.73. The minimum Gasteiger partial charge on any atom is -0.376 e. The fourth-order valence-corrected chi connectivity index (χ4v) is 1.37. The summed E-state index contributed by atoms with van der Waals surface area (Å²) in [6, 6.07) is 6.74. The summed E-state index contributed by atoms with van der Waals surface area (Å²) in [6.07, 6.45) is 0.821. The minimum atomic E-state index is -0.787. The third-order valence-electron chi connectivity index (χ3n) is 2.21. The normalized spacial score (nSPS) is 14.3. The molecule has 4 nitrogen and oxygen atoms in total. The average Bonchev–Trinajstić information content (AvgIpc) is 3.04. The summed E-state index contributed by atoms with van der Waals surface area (Å²) in [5, 5.41) is 2.81. The van der Waals surface area contributed by atoms with E-state index in [9.17, 15) is 9.59 Å². The van der Waals surface area contributed by atoms with Crippen LogP contribution in [-0.4, -0.2) is 12.1 Å². The first kappa shape index (κ1) is 11.0. The first-order chi connectivity index (χ1) is 7.66. The number of benzene rings is 1. The topological polar surface area (TPSA) is 55.4 Å². The molecular weight excluding hydrogens is 230 g/mol. The third-order valence-corrected chi connectivity index (χ3v) is 2.54. The van der Waals surface area contributed by atoms with Crippen LogP contribution < -0.4 is 5.32 Å². The quantitative estimate of drug-likeness (QED) is 0.638. The monoisotopic (exact) mass is 239 g/mol. The molecule has 1 fully saturated rings. The lowest BCUT2D eigenvalue weighted by Crippen LogP contribution is -2.19. The van der Waals surface area contributed by atoms with Gasteiger partial charge in [0.05, 0.1) is 16.6 Å². The Labute approximate surface area is 97.5 Å². The number of nitrogens with one attached hydrogen (secondary N) is 1. The summed E-state index contributed by atoms with van der Waals surface area (Å²) in [6.45, 7) is 0. The first-order valence-electron chi connectivity index (χ1n) is 4.94. The standard InChI is InChI=1S/C11H10ClNO3/c12-8-3-1-2-4-9(8)13-11(15)16-10(14)7-5-6-7/h1-4,7H,5-6H2,(H,13,15). The number of hydrogen-bond donors (Lipinski definition) is 1. The van der Waals surface area contributed by atoms with E-state index >= 15 is 0 Å². The number of amides is 1. The molecular formula is C11H10ClNO3. The van der Waals surface area contributed by atoms with Crippen LogP contribution in [0.15, 0.2) is 24.3 Å². The van der Waals surface area contributed by atoms with Crippen LogP contribution in [0.1, 0.15) is 12.8 Å². The van der Waals surface area contributed by atoms with Crippen LogP contribution in [0.25, 0.3) is 0 Å². The van der Waals surface area contributed by atoms with E-state index in [0.29, 0.717) is 10.7 Å². The molecule has 1 aromatic carbocycles. The van der Waals surface area contributed by atoms with E-state index in [1.807, 2.05) is 0 Å². The zero-order valence-corrected chi connectivity index (χ0v) is 9.16. The Morgan fingerprint density at radius 2 is 2.00 bits per heavy atom. The molecule has 1 aromatic rings. The molecule has 5 heteroatoms. The van der Waals surface area contributed by atoms with Gasteiger partial charge in [0.1, 0.15) is 0 Å². The highest BCUT2D eigenvalue weighted by Crippen LogP contribution is 2.30. The predicted molar refractivity (Wildman–Crippen MR) is 59.3 cm³/mol. The maximum absolute atomic E-state index is 11.3. The Bertz CT molecular complexity index is 429. The average molecular weight is 240 g/mol. The number of esters is 1. The number of ether oxygens (including phenoxy) is 1. The van der Waals surface area contributed by atoms with E-state index in [-0.39, 0.29) is 5.92 Å². The van der Waals surface area contributed by atoms with Crippen molar-refractivity contribution in [1.29, 1.82) is 0 Å². The SMILES string of the molecule is O=C(Nc1ccccc1Cl)OC(=O)C1CC1. The second kappa shape index (κ2) is 4.53. The number of anilines is 1. The number of para-hydroxylation sites is 1. The Morgan fingerprint density at radius 1 is 1.31 bits per heavy atom. The Kier molecular flexibility index (Phi) is 3.10. The molecule has 2 rings (SSSR count). The number of rotatable bonds is 2. The van der Waals surface area contributed by atoms with Crippen LogP contribution in [0.5, 0.6) is 0 Å². The number of carbonyl (C=O) groups excluding carboxylic acids is 2. The maximum Gasteiger partial charge on any atom is 0.419 e. The van der Waals surface area contributed by atoms with Crippen LogP contribution in [0, 0.1) is 5.92 Å². The first-order valence-corrected chi connectivity index (χ1v) is 5.32. The van der Waals surface area contributed by atoms with Gasteiger partial charge in [-0.05, 0) is 25.0 Å². The van der Waals surface area contributed by atoms with Crippen molar-refractivity contribution < 1.29 is 14.3 Å². The molecule has 0 heterocycles. The summed E-state index contributed by atoms with van der Waals surface area (Å²) in [7, 11) is 0. The summed E-state index contributed by atoms with van der Waals surface area (Å²) in [4.78, 5) is 22.5. The lowest BCUT2D eigenvalue weighted by atomic mass is 10.3. The summed E-state index contributed by atoms with van der Waals surface area (Å²) < 4.78 is 4.59. The highest BCUT2D eigenvalue weighted by atomic mass is 35.5. The van der Waals surface area contributed by atoms with Crippen molar-refractivity contribution in [1.82, 2.24) is 0 Å². The lowest BCUT2D eigenvalue weighted by molar-refractivity contribution is -0.138. The fraction of sp³-hybridized carbons (Fsp3) is 0.273. The highest BCUT2D eigenvalue weighted by Gasteiger charge is 2.32. The highest BCUT2D eigenvalue weighted by molar-refractivity contribution is 6.33. The second-order valence-corrected chi connectivity index (χ2v) is 3.99. The molecule has 1 saturated carbocycles. The van der Waals surface area contributed by atoms with Gasteiger partial charge in [-0.2, -0.15) is 0 Å². The van der Waals surface area contributed by atoms with E-state index in [2.05, 4.69) is 10.1 Å². The maximum atomic E-state index is 11.3. The lowest BCUT2D eigenvalue weighted by Gasteiger charge is -2.06. The van der Waals surface area contributed by atoms with Crippen molar-refractivity contribution in [2.24, 2.45) is 5.92 Å². The van der Waals surface area contributed by atoms with Crippen molar-refractivity contribution in [2.45, 2.75) is 12.8 Å². The van der Waals surface area contributed by atoms with Gasteiger partial charge in [0.2, 0.25) is 0 Å². The van der Waals surface area contributed by atoms with Crippen LogP contribution in [0.4, 0.5) is 10.5 Å². The molecule has 84 valence electrons. The molecule has 1 amide bonds. The largest absolute Gasteiger partial charge is 0.419 e. The van der Waals surface area contributed by atoms with Crippen molar-refractivity contribution in [3.05, 3.63) is 29.3 Å². The molecule has 0 radical (unpaired) electrons. The molecule has 0 aromatic heterocycles. The number of halogens is 1. The number of carbonyl (C=O) groups is 2. The molecule has 0 spiro atoms. The Morgan fingerprint density at radius 3 is 2.62 bits per heavy atom. The van der Waals surface area contributed by atoms with Gasteiger partial charge in [0.15, 0.2) is 0 Å². The van der Waals surface area contributed by atoms with E-state index in [0.717, 1.165) is 12.8 Å². The van der Waals surface area contributed by atoms with E-state index < -0.39 is 12.1 Å². The van der Waals surface area contributed by atoms with Crippen molar-refractivity contribution in [3.63, 3.8) is 0 Å². The molecule has 1 aliphatic carbocycles. The van der Waals surface area contributed by atoms with Crippen molar-refractivity contribution >= 4 is 29.4 Å². The molecule has 0 bridgehead atoms. The number of hydrogen-bond acceptors (Lipinski definition) is 3. The van der Waals surface area contributed by atoms with Gasteiger partial charge in [-0.3, -0.25) is 10.1 Å². The van der Waals surface area contributed by atoms with Gasteiger partial charge in [-0.15, -0.1) is 0 Å². The van der Waals surface area contributed by atoms with Gasteiger partial charge >= 0.3 is 12.1 Å². The zero-order valence-electron chi connectivity index (χ0n) is 8.40. The van der Waals surface area contributed by atoms with Gasteiger partial charge in [0.25, 0.3) is 0 Å². The van der Waals surface area contributed by atoms with Gasteiger partial charge in [0, 0.05) is 0 Å². The van der Waals surface area contributed by atoms with Crippen LogP contribution in [0.2, 0.25) is 5.02 Å². The smallest absolute Gasteiger partial charge is 0.376 e. The second-order valence-electron chi connectivity index (χ2n) is 3.59. The van der Waals surface area contributed by atoms with Crippen LogP contribution >= 0.6 is 11.6 Å². The van der Waals surface area contributed by atoms with E-state index in [4.69, 9.17) is 11.6 Å². The van der Waals surface area contributed by atoms with Crippen molar-refractivity contribution in [2.75, 3.05) is 5.32 Å². The molecule has 0 unspecified atom stereocenters. The summed E-state index contributed by atoms with van der Waals surface area (Å²) in [5.41, 5.74) is 0.428. The Balaban J connectivity index is 1.91. The molecule has 0 atom stereocenters. The van der Waals surface area contributed by atoms with Crippen molar-refractivity contribution in [3.8, 4) is 0 Å². The minimum absolute atomic E-state index is 0.100. The molecule has 1 N–H and O–H groups in total. The fourth-order valence-electron chi connectivity index (χ4n) is 1.19. The Hall–Kier alpha value is -1.55. The van der Waals surface area contributed by atoms with Crippen LogP contribution in [0.3, 0.4) is 0 Å². The summed E-state index contributed by atoms with van der Waals surface area (Å²) >= 11 is 5.82. The molecule has 0 aliphatic heterocycles. The molecule has 1 aliphatic rings. The molecule has 0 saturated heterocycles. The van der Waals surface area contributed by atoms with Gasteiger partial charge in [-0.1, -0.05) is 23.7 Å². The molecule has 16 heavy (non-hydrogen) atoms. The zero-order chi connectivity index (χ0) is 11.5.